The van der Waals surface area contributed by atoms with E-state index >= 15 is 0 Å². The Bertz CT molecular complexity index is 883. The summed E-state index contributed by atoms with van der Waals surface area (Å²) in [6.07, 6.45) is 4.41. The maximum absolute atomic E-state index is 12.5. The molecule has 1 aliphatic heterocycles. The number of para-hydroxylation sites is 1. The van der Waals surface area contributed by atoms with Crippen molar-refractivity contribution in [2.75, 3.05) is 38.0 Å². The van der Waals surface area contributed by atoms with Crippen molar-refractivity contribution in [3.63, 3.8) is 0 Å². The van der Waals surface area contributed by atoms with Crippen LogP contribution in [0.5, 0.6) is 0 Å². The molecule has 0 unspecified atom stereocenters. The molecule has 0 radical (unpaired) electrons. The summed E-state index contributed by atoms with van der Waals surface area (Å²) >= 11 is 0. The zero-order valence-electron chi connectivity index (χ0n) is 17.2. The Hall–Kier alpha value is -2.92. The van der Waals surface area contributed by atoms with E-state index in [-0.39, 0.29) is 11.8 Å². The van der Waals surface area contributed by atoms with E-state index in [9.17, 15) is 9.59 Å². The Balaban J connectivity index is 1.47. The number of aryl methyl sites for hydroxylation is 2. The lowest BCUT2D eigenvalue weighted by atomic mass is 10.1. The van der Waals surface area contributed by atoms with Crippen LogP contribution in [0.4, 0.5) is 5.69 Å². The number of hydrogen-bond acceptors (Lipinski definition) is 3. The molecule has 1 N–H and O–H groups in total. The molecule has 2 amide bonds. The first-order valence-electron chi connectivity index (χ1n) is 10.2. The van der Waals surface area contributed by atoms with Gasteiger partial charge in [-0.25, -0.2) is 0 Å². The third kappa shape index (κ3) is 5.78. The van der Waals surface area contributed by atoms with E-state index in [2.05, 4.69) is 17.1 Å². The van der Waals surface area contributed by atoms with Crippen molar-refractivity contribution in [2.45, 2.75) is 20.3 Å². The van der Waals surface area contributed by atoms with Crippen LogP contribution in [0.25, 0.3) is 6.08 Å². The van der Waals surface area contributed by atoms with Crippen molar-refractivity contribution in [1.82, 2.24) is 9.80 Å². The molecule has 1 saturated heterocycles. The van der Waals surface area contributed by atoms with Gasteiger partial charge in [0.05, 0.1) is 6.54 Å². The first-order chi connectivity index (χ1) is 14.1. The van der Waals surface area contributed by atoms with E-state index in [1.54, 1.807) is 6.08 Å². The predicted octanol–water partition coefficient (Wildman–Crippen LogP) is 3.35. The van der Waals surface area contributed by atoms with Crippen molar-refractivity contribution in [1.29, 1.82) is 0 Å². The van der Waals surface area contributed by atoms with E-state index in [0.29, 0.717) is 32.7 Å². The van der Waals surface area contributed by atoms with Crippen molar-refractivity contribution >= 4 is 23.6 Å². The maximum atomic E-state index is 12.5. The maximum Gasteiger partial charge on any atom is 0.246 e. The van der Waals surface area contributed by atoms with E-state index in [0.717, 1.165) is 28.8 Å². The minimum Gasteiger partial charge on any atom is -0.337 e. The van der Waals surface area contributed by atoms with Gasteiger partial charge in [0, 0.05) is 37.9 Å². The van der Waals surface area contributed by atoms with Crippen LogP contribution in [-0.4, -0.2) is 54.3 Å². The number of hydrogen-bond donors (Lipinski definition) is 1. The van der Waals surface area contributed by atoms with E-state index < -0.39 is 0 Å². The monoisotopic (exact) mass is 391 g/mol. The fourth-order valence-electron chi connectivity index (χ4n) is 3.51. The van der Waals surface area contributed by atoms with Crippen LogP contribution in [0.1, 0.15) is 23.6 Å². The normalized spacial score (nSPS) is 14.9. The lowest BCUT2D eigenvalue weighted by Crippen LogP contribution is -2.50. The zero-order chi connectivity index (χ0) is 20.6. The number of piperazine rings is 1. The summed E-state index contributed by atoms with van der Waals surface area (Å²) in [7, 11) is 0. The molecule has 2 aromatic rings. The van der Waals surface area contributed by atoms with Gasteiger partial charge in [0.2, 0.25) is 11.8 Å². The summed E-state index contributed by atoms with van der Waals surface area (Å²) in [6.45, 7) is 7.13. The van der Waals surface area contributed by atoms with Gasteiger partial charge in [0.1, 0.15) is 0 Å². The first-order valence-corrected chi connectivity index (χ1v) is 10.2. The minimum atomic E-state index is -0.00914. The molecule has 0 bridgehead atoms. The van der Waals surface area contributed by atoms with Crippen molar-refractivity contribution in [3.05, 3.63) is 71.3 Å². The highest BCUT2D eigenvalue weighted by atomic mass is 16.2. The number of carbonyl (C=O) groups excluding carboxylic acids is 2. The lowest BCUT2D eigenvalue weighted by molar-refractivity contribution is -0.127. The van der Waals surface area contributed by atoms with Gasteiger partial charge in [-0.15, -0.1) is 0 Å². The van der Waals surface area contributed by atoms with Crippen LogP contribution in [-0.2, 0) is 16.0 Å². The summed E-state index contributed by atoms with van der Waals surface area (Å²) in [6, 6.07) is 15.9. The van der Waals surface area contributed by atoms with Crippen molar-refractivity contribution in [3.8, 4) is 0 Å². The highest BCUT2D eigenvalue weighted by molar-refractivity contribution is 5.93. The minimum absolute atomic E-state index is 0.00914. The third-order valence-corrected chi connectivity index (χ3v) is 5.32. The quantitative estimate of drug-likeness (QED) is 0.769. The summed E-state index contributed by atoms with van der Waals surface area (Å²) in [5, 5.41) is 3.01. The number of rotatable bonds is 6. The summed E-state index contributed by atoms with van der Waals surface area (Å²) < 4.78 is 0. The van der Waals surface area contributed by atoms with E-state index in [1.165, 1.54) is 0 Å². The molecule has 0 aromatic heterocycles. The van der Waals surface area contributed by atoms with Crippen LogP contribution in [0, 0.1) is 6.92 Å². The average Bonchev–Trinajstić information content (AvgIpc) is 2.74. The number of anilines is 1. The van der Waals surface area contributed by atoms with Gasteiger partial charge in [0.15, 0.2) is 0 Å². The van der Waals surface area contributed by atoms with Crippen molar-refractivity contribution in [2.24, 2.45) is 0 Å². The molecule has 0 saturated carbocycles. The average molecular weight is 392 g/mol. The van der Waals surface area contributed by atoms with Crippen molar-refractivity contribution < 1.29 is 9.59 Å². The number of carbonyl (C=O) groups is 2. The van der Waals surface area contributed by atoms with Gasteiger partial charge in [-0.1, -0.05) is 49.4 Å². The Morgan fingerprint density at radius 2 is 1.69 bits per heavy atom. The molecule has 29 heavy (non-hydrogen) atoms. The first kappa shape index (κ1) is 20.8. The van der Waals surface area contributed by atoms with Gasteiger partial charge < -0.3 is 10.2 Å². The molecule has 0 atom stereocenters. The molecular formula is C24H29N3O2. The zero-order valence-corrected chi connectivity index (χ0v) is 17.2. The van der Waals surface area contributed by atoms with Crippen LogP contribution < -0.4 is 5.32 Å². The van der Waals surface area contributed by atoms with Gasteiger partial charge in [0.25, 0.3) is 0 Å². The van der Waals surface area contributed by atoms with E-state index in [1.807, 2.05) is 66.4 Å². The SMILES string of the molecule is CCc1ccccc1NC(=O)CN1CCN(C(=O)/C=C/c2ccccc2C)CC1. The second-order valence-corrected chi connectivity index (χ2v) is 7.35. The molecule has 1 heterocycles. The fraction of sp³-hybridized carbons (Fsp3) is 0.333. The van der Waals surface area contributed by atoms with Gasteiger partial charge in [-0.05, 0) is 42.2 Å². The van der Waals surface area contributed by atoms with Crippen LogP contribution in [0.2, 0.25) is 0 Å². The molecule has 1 aliphatic rings. The fourth-order valence-corrected chi connectivity index (χ4v) is 3.51. The third-order valence-electron chi connectivity index (χ3n) is 5.32. The molecule has 1 fully saturated rings. The molecule has 2 aromatic carbocycles. The number of amides is 2. The Morgan fingerprint density at radius 3 is 2.41 bits per heavy atom. The van der Waals surface area contributed by atoms with Gasteiger partial charge in [-0.3, -0.25) is 14.5 Å². The highest BCUT2D eigenvalue weighted by Crippen LogP contribution is 2.15. The molecule has 152 valence electrons. The Kier molecular flexibility index (Phi) is 7.19. The van der Waals surface area contributed by atoms with Crippen LogP contribution >= 0.6 is 0 Å². The Labute approximate surface area is 173 Å². The molecule has 0 spiro atoms. The highest BCUT2D eigenvalue weighted by Gasteiger charge is 2.21. The number of nitrogens with zero attached hydrogens (tertiary/aromatic N) is 2. The molecule has 3 rings (SSSR count). The van der Waals surface area contributed by atoms with Crippen LogP contribution in [0.15, 0.2) is 54.6 Å². The molecule has 5 heteroatoms. The largest absolute Gasteiger partial charge is 0.337 e. The second-order valence-electron chi connectivity index (χ2n) is 7.35. The summed E-state index contributed by atoms with van der Waals surface area (Å²) in [5.74, 6) is 0.0133. The predicted molar refractivity (Wildman–Crippen MR) is 118 cm³/mol. The summed E-state index contributed by atoms with van der Waals surface area (Å²) in [5.41, 5.74) is 4.23. The molecular weight excluding hydrogens is 362 g/mol. The molecule has 0 aliphatic carbocycles. The second kappa shape index (κ2) is 10.0. The number of benzene rings is 2. The lowest BCUT2D eigenvalue weighted by Gasteiger charge is -2.33. The van der Waals surface area contributed by atoms with Crippen LogP contribution in [0.3, 0.4) is 0 Å². The van der Waals surface area contributed by atoms with E-state index in [4.69, 9.17) is 0 Å². The smallest absolute Gasteiger partial charge is 0.246 e. The number of nitrogens with one attached hydrogen (secondary N) is 1. The topological polar surface area (TPSA) is 52.7 Å². The Morgan fingerprint density at radius 1 is 1.00 bits per heavy atom. The van der Waals surface area contributed by atoms with Gasteiger partial charge in [-0.2, -0.15) is 0 Å². The standard InChI is InChI=1S/C24H29N3O2/c1-3-20-9-6-7-11-22(20)25-23(28)18-26-14-16-27(17-15-26)24(29)13-12-21-10-5-4-8-19(21)2/h4-13H,3,14-18H2,1-2H3,(H,25,28)/b13-12+. The summed E-state index contributed by atoms with van der Waals surface area (Å²) in [4.78, 5) is 28.8. The van der Waals surface area contributed by atoms with Gasteiger partial charge >= 0.3 is 0 Å². The molecule has 5 nitrogen and oxygen atoms in total.